The van der Waals surface area contributed by atoms with Gasteiger partial charge in [-0.1, -0.05) is 5.16 Å². The van der Waals surface area contributed by atoms with Crippen LogP contribution in [-0.2, 0) is 11.2 Å². The molecule has 0 atom stereocenters. The van der Waals surface area contributed by atoms with E-state index in [1.54, 1.807) is 0 Å². The molecule has 1 fully saturated rings. The second-order valence-corrected chi connectivity index (χ2v) is 5.15. The van der Waals surface area contributed by atoms with Crippen molar-refractivity contribution in [3.05, 3.63) is 16.5 Å². The summed E-state index contributed by atoms with van der Waals surface area (Å²) >= 11 is 5.86. The molecule has 0 radical (unpaired) electrons. The lowest BCUT2D eigenvalue weighted by Gasteiger charge is -2.29. The lowest BCUT2D eigenvalue weighted by molar-refractivity contribution is -0.132. The molecule has 1 aliphatic rings. The maximum atomic E-state index is 12.1. The second kappa shape index (κ2) is 6.07. The van der Waals surface area contributed by atoms with Crippen molar-refractivity contribution in [2.24, 2.45) is 5.92 Å². The van der Waals surface area contributed by atoms with Crippen molar-refractivity contribution < 1.29 is 9.32 Å². The van der Waals surface area contributed by atoms with Crippen molar-refractivity contribution in [2.75, 3.05) is 13.1 Å². The fraction of sp³-hybridized carbons (Fsp3) is 0.615. The third-order valence-corrected chi connectivity index (χ3v) is 3.85. The molecular formula is C13H16ClN3O2. The third-order valence-electron chi connectivity index (χ3n) is 3.56. The van der Waals surface area contributed by atoms with Crippen LogP contribution in [0.2, 0.25) is 5.22 Å². The number of halogens is 1. The number of hydrogen-bond acceptors (Lipinski definition) is 4. The Morgan fingerprint density at radius 2 is 2.26 bits per heavy atom. The van der Waals surface area contributed by atoms with E-state index >= 15 is 0 Å². The zero-order chi connectivity index (χ0) is 13.8. The average molecular weight is 282 g/mol. The zero-order valence-corrected chi connectivity index (χ0v) is 11.6. The van der Waals surface area contributed by atoms with Gasteiger partial charge in [-0.05, 0) is 37.8 Å². The minimum Gasteiger partial charge on any atom is -0.344 e. The predicted molar refractivity (Wildman–Crippen MR) is 69.5 cm³/mol. The van der Waals surface area contributed by atoms with Gasteiger partial charge in [0.2, 0.25) is 11.1 Å². The van der Waals surface area contributed by atoms with Gasteiger partial charge in [0.05, 0.1) is 11.8 Å². The first kappa shape index (κ1) is 13.9. The maximum absolute atomic E-state index is 12.1. The molecule has 0 aromatic carbocycles. The molecule has 5 nitrogen and oxygen atoms in total. The van der Waals surface area contributed by atoms with Gasteiger partial charge in [-0.15, -0.1) is 0 Å². The van der Waals surface area contributed by atoms with Crippen molar-refractivity contribution in [3.63, 3.8) is 0 Å². The first-order valence-corrected chi connectivity index (χ1v) is 6.77. The van der Waals surface area contributed by atoms with E-state index in [-0.39, 0.29) is 17.0 Å². The SMILES string of the molecule is Cc1noc(Cl)c1CCC(=O)N1CCC(C#N)CC1. The van der Waals surface area contributed by atoms with E-state index in [0.717, 1.165) is 24.1 Å². The number of nitrogens with zero attached hydrogens (tertiary/aromatic N) is 3. The molecule has 102 valence electrons. The van der Waals surface area contributed by atoms with Crippen LogP contribution >= 0.6 is 11.6 Å². The van der Waals surface area contributed by atoms with Gasteiger partial charge in [-0.2, -0.15) is 5.26 Å². The smallest absolute Gasteiger partial charge is 0.229 e. The quantitative estimate of drug-likeness (QED) is 0.852. The summed E-state index contributed by atoms with van der Waals surface area (Å²) in [7, 11) is 0. The molecule has 1 aliphatic heterocycles. The zero-order valence-electron chi connectivity index (χ0n) is 10.9. The van der Waals surface area contributed by atoms with Gasteiger partial charge in [0.15, 0.2) is 0 Å². The largest absolute Gasteiger partial charge is 0.344 e. The number of carbonyl (C=O) groups excluding carboxylic acids is 1. The van der Waals surface area contributed by atoms with E-state index in [0.29, 0.717) is 25.9 Å². The highest BCUT2D eigenvalue weighted by Crippen LogP contribution is 2.22. The van der Waals surface area contributed by atoms with E-state index in [1.165, 1.54) is 0 Å². The summed E-state index contributed by atoms with van der Waals surface area (Å²) in [6.07, 6.45) is 2.49. The van der Waals surface area contributed by atoms with Gasteiger partial charge in [-0.3, -0.25) is 4.79 Å². The standard InChI is InChI=1S/C13H16ClN3O2/c1-9-11(13(14)19-16-9)2-3-12(18)17-6-4-10(8-15)5-7-17/h10H,2-7H2,1H3. The number of rotatable bonds is 3. The monoisotopic (exact) mass is 281 g/mol. The molecule has 0 bridgehead atoms. The van der Waals surface area contributed by atoms with Crippen molar-refractivity contribution >= 4 is 17.5 Å². The minimum atomic E-state index is 0.0961. The van der Waals surface area contributed by atoms with Gasteiger partial charge in [0.25, 0.3) is 0 Å². The van der Waals surface area contributed by atoms with Crippen LogP contribution in [0.25, 0.3) is 0 Å². The Morgan fingerprint density at radius 3 is 2.79 bits per heavy atom. The predicted octanol–water partition coefficient (Wildman–Crippen LogP) is 2.33. The number of likely N-dealkylation sites (tertiary alicyclic amines) is 1. The summed E-state index contributed by atoms with van der Waals surface area (Å²) in [5, 5.41) is 12.9. The number of aryl methyl sites for hydroxylation is 1. The van der Waals surface area contributed by atoms with Crippen molar-refractivity contribution in [2.45, 2.75) is 32.6 Å². The van der Waals surface area contributed by atoms with E-state index in [9.17, 15) is 4.79 Å². The first-order chi connectivity index (χ1) is 9.11. The summed E-state index contributed by atoms with van der Waals surface area (Å²) in [5.74, 6) is 0.201. The lowest BCUT2D eigenvalue weighted by Crippen LogP contribution is -2.38. The first-order valence-electron chi connectivity index (χ1n) is 6.40. The Labute approximate surface area is 117 Å². The van der Waals surface area contributed by atoms with Crippen LogP contribution in [-0.4, -0.2) is 29.1 Å². The normalized spacial score (nSPS) is 16.4. The number of carbonyl (C=O) groups is 1. The topological polar surface area (TPSA) is 70.1 Å². The number of aromatic nitrogens is 1. The summed E-state index contributed by atoms with van der Waals surface area (Å²) < 4.78 is 4.86. The molecule has 0 N–H and O–H groups in total. The number of amides is 1. The van der Waals surface area contributed by atoms with Gasteiger partial charge < -0.3 is 9.42 Å². The molecule has 0 saturated carbocycles. The Bertz CT molecular complexity index is 479. The molecule has 1 saturated heterocycles. The average Bonchev–Trinajstić information content (AvgIpc) is 2.75. The molecule has 2 heterocycles. The number of piperidine rings is 1. The Hall–Kier alpha value is -1.54. The van der Waals surface area contributed by atoms with Crippen LogP contribution in [0.1, 0.15) is 30.5 Å². The second-order valence-electron chi connectivity index (χ2n) is 4.80. The summed E-state index contributed by atoms with van der Waals surface area (Å²) in [6, 6.07) is 2.26. The summed E-state index contributed by atoms with van der Waals surface area (Å²) in [4.78, 5) is 13.9. The van der Waals surface area contributed by atoms with E-state index in [1.807, 2.05) is 11.8 Å². The van der Waals surface area contributed by atoms with Crippen LogP contribution in [0, 0.1) is 24.2 Å². The van der Waals surface area contributed by atoms with Gasteiger partial charge in [0, 0.05) is 31.0 Å². The highest BCUT2D eigenvalue weighted by atomic mass is 35.5. The van der Waals surface area contributed by atoms with Crippen LogP contribution < -0.4 is 0 Å². The van der Waals surface area contributed by atoms with Crippen LogP contribution in [0.5, 0.6) is 0 Å². The third kappa shape index (κ3) is 3.27. The van der Waals surface area contributed by atoms with Gasteiger partial charge in [0.1, 0.15) is 0 Å². The Kier molecular flexibility index (Phi) is 4.43. The minimum absolute atomic E-state index is 0.0961. The molecule has 1 amide bonds. The van der Waals surface area contributed by atoms with Crippen LogP contribution in [0.15, 0.2) is 4.52 Å². The molecule has 1 aromatic heterocycles. The van der Waals surface area contributed by atoms with Gasteiger partial charge >= 0.3 is 0 Å². The maximum Gasteiger partial charge on any atom is 0.229 e. The van der Waals surface area contributed by atoms with Gasteiger partial charge in [-0.25, -0.2) is 0 Å². The highest BCUT2D eigenvalue weighted by molar-refractivity contribution is 6.29. The van der Waals surface area contributed by atoms with E-state index < -0.39 is 0 Å². The van der Waals surface area contributed by atoms with Crippen molar-refractivity contribution in [1.82, 2.24) is 10.1 Å². The molecular weight excluding hydrogens is 266 g/mol. The molecule has 0 aliphatic carbocycles. The molecule has 0 unspecified atom stereocenters. The number of hydrogen-bond donors (Lipinski definition) is 0. The Morgan fingerprint density at radius 1 is 1.58 bits per heavy atom. The molecule has 1 aromatic rings. The van der Waals surface area contributed by atoms with E-state index in [2.05, 4.69) is 11.2 Å². The fourth-order valence-corrected chi connectivity index (χ4v) is 2.55. The van der Waals surface area contributed by atoms with Crippen LogP contribution in [0.3, 0.4) is 0 Å². The lowest BCUT2D eigenvalue weighted by atomic mass is 9.98. The Balaban J connectivity index is 1.84. The molecule has 0 spiro atoms. The molecule has 19 heavy (non-hydrogen) atoms. The number of nitriles is 1. The summed E-state index contributed by atoms with van der Waals surface area (Å²) in [5.41, 5.74) is 1.54. The molecule has 2 rings (SSSR count). The fourth-order valence-electron chi connectivity index (χ4n) is 2.29. The highest BCUT2D eigenvalue weighted by Gasteiger charge is 2.23. The van der Waals surface area contributed by atoms with Crippen molar-refractivity contribution in [1.29, 1.82) is 5.26 Å². The van der Waals surface area contributed by atoms with E-state index in [4.69, 9.17) is 21.4 Å². The van der Waals surface area contributed by atoms with Crippen LogP contribution in [0.4, 0.5) is 0 Å². The molecule has 6 heteroatoms. The van der Waals surface area contributed by atoms with Crippen molar-refractivity contribution in [3.8, 4) is 6.07 Å². The summed E-state index contributed by atoms with van der Waals surface area (Å²) in [6.45, 7) is 3.16.